The SMILES string of the molecule is Nc1nc(Cl)nc2nc(N3CCN(S(=O)(=O)c4ccc(OC(F)(F)F)cc4)[C@@H](C(=O)O)C3)sc12. The van der Waals surface area contributed by atoms with Gasteiger partial charge in [-0.3, -0.25) is 4.79 Å². The zero-order valence-corrected chi connectivity index (χ0v) is 19.1. The van der Waals surface area contributed by atoms with E-state index in [0.29, 0.717) is 9.83 Å². The number of hydrogen-bond donors (Lipinski definition) is 2. The molecule has 0 unspecified atom stereocenters. The van der Waals surface area contributed by atoms with Gasteiger partial charge in [0.05, 0.1) is 4.90 Å². The van der Waals surface area contributed by atoms with Crippen LogP contribution in [0.3, 0.4) is 0 Å². The van der Waals surface area contributed by atoms with Crippen molar-refractivity contribution in [3.05, 3.63) is 29.5 Å². The lowest BCUT2D eigenvalue weighted by Crippen LogP contribution is -2.58. The Hall–Kier alpha value is -2.95. The maximum absolute atomic E-state index is 13.1. The van der Waals surface area contributed by atoms with Gasteiger partial charge in [0.1, 0.15) is 22.3 Å². The first kappa shape index (κ1) is 24.2. The Balaban J connectivity index is 1.59. The van der Waals surface area contributed by atoms with Gasteiger partial charge in [-0.25, -0.2) is 8.42 Å². The molecule has 1 aromatic carbocycles. The Kier molecular flexibility index (Phi) is 6.17. The van der Waals surface area contributed by atoms with E-state index in [-0.39, 0.29) is 41.3 Å². The Labute approximate surface area is 198 Å². The van der Waals surface area contributed by atoms with E-state index in [2.05, 4.69) is 19.7 Å². The molecule has 1 fully saturated rings. The molecule has 182 valence electrons. The monoisotopic (exact) mass is 538 g/mol. The molecule has 1 atom stereocenters. The number of carbonyl (C=O) groups is 1. The number of anilines is 2. The molecule has 0 saturated carbocycles. The van der Waals surface area contributed by atoms with E-state index in [1.165, 1.54) is 0 Å². The summed E-state index contributed by atoms with van der Waals surface area (Å²) in [5, 5.41) is 9.97. The number of ether oxygens (including phenoxy) is 1. The molecule has 1 aliphatic heterocycles. The van der Waals surface area contributed by atoms with E-state index < -0.39 is 34.1 Å². The van der Waals surface area contributed by atoms with E-state index in [9.17, 15) is 31.5 Å². The summed E-state index contributed by atoms with van der Waals surface area (Å²) in [6, 6.07) is 2.01. The number of alkyl halides is 3. The van der Waals surface area contributed by atoms with Crippen LogP contribution in [-0.4, -0.2) is 70.8 Å². The number of carboxylic acids is 1. The molecular formula is C17H14ClF3N6O5S2. The van der Waals surface area contributed by atoms with E-state index >= 15 is 0 Å². The van der Waals surface area contributed by atoms with Crippen molar-refractivity contribution in [2.45, 2.75) is 17.3 Å². The van der Waals surface area contributed by atoms with Crippen LogP contribution in [-0.2, 0) is 14.8 Å². The number of carboxylic acid groups (broad SMARTS) is 1. The van der Waals surface area contributed by atoms with Crippen molar-refractivity contribution in [1.29, 1.82) is 0 Å². The maximum Gasteiger partial charge on any atom is 0.573 e. The number of aliphatic carboxylic acids is 1. The highest BCUT2D eigenvalue weighted by molar-refractivity contribution is 7.89. The van der Waals surface area contributed by atoms with Crippen LogP contribution in [0.1, 0.15) is 0 Å². The van der Waals surface area contributed by atoms with Crippen molar-refractivity contribution in [2.24, 2.45) is 0 Å². The number of hydrogen-bond acceptors (Lipinski definition) is 10. The molecule has 3 N–H and O–H groups in total. The predicted molar refractivity (Wildman–Crippen MR) is 115 cm³/mol. The number of nitrogen functional groups attached to an aromatic ring is 1. The number of rotatable bonds is 5. The first-order chi connectivity index (χ1) is 15.8. The molecule has 1 aliphatic rings. The summed E-state index contributed by atoms with van der Waals surface area (Å²) in [4.78, 5) is 25.3. The molecular weight excluding hydrogens is 525 g/mol. The van der Waals surface area contributed by atoms with Crippen molar-refractivity contribution >= 4 is 60.2 Å². The first-order valence-corrected chi connectivity index (χ1v) is 11.9. The van der Waals surface area contributed by atoms with Gasteiger partial charge in [-0.05, 0) is 35.9 Å². The molecule has 17 heteroatoms. The lowest BCUT2D eigenvalue weighted by Gasteiger charge is -2.38. The Bertz CT molecular complexity index is 1350. The van der Waals surface area contributed by atoms with Gasteiger partial charge in [0.25, 0.3) is 0 Å². The standard InChI is InChI=1S/C17H14ClF3N6O5S2/c18-15-23-12(22)11-13(24-15)25-16(33-11)26-5-6-27(10(7-26)14(28)29)34(30,31)9-3-1-8(2-4-9)32-17(19,20)21/h1-4,10H,5-7H2,(H,28,29)(H2,22,23,24)/t10-/m1/s1. The summed E-state index contributed by atoms with van der Waals surface area (Å²) in [6.45, 7) is -0.387. The molecule has 0 spiro atoms. The van der Waals surface area contributed by atoms with Gasteiger partial charge < -0.3 is 20.5 Å². The number of nitrogens with two attached hydrogens (primary N) is 1. The van der Waals surface area contributed by atoms with Crippen LogP contribution in [0.4, 0.5) is 24.1 Å². The van der Waals surface area contributed by atoms with Gasteiger partial charge in [0.2, 0.25) is 15.3 Å². The second kappa shape index (κ2) is 8.68. The van der Waals surface area contributed by atoms with Gasteiger partial charge >= 0.3 is 12.3 Å². The quantitative estimate of drug-likeness (QED) is 0.462. The minimum Gasteiger partial charge on any atom is -0.480 e. The smallest absolute Gasteiger partial charge is 0.480 e. The van der Waals surface area contributed by atoms with E-state index in [1.807, 2.05) is 0 Å². The van der Waals surface area contributed by atoms with Crippen LogP contribution in [0, 0.1) is 0 Å². The topological polar surface area (TPSA) is 152 Å². The maximum atomic E-state index is 13.1. The molecule has 3 aromatic rings. The zero-order valence-electron chi connectivity index (χ0n) is 16.7. The van der Waals surface area contributed by atoms with Gasteiger partial charge in [0, 0.05) is 19.6 Å². The van der Waals surface area contributed by atoms with Gasteiger partial charge in [-0.1, -0.05) is 11.3 Å². The number of fused-ring (bicyclic) bond motifs is 1. The van der Waals surface area contributed by atoms with Crippen LogP contribution >= 0.6 is 22.9 Å². The van der Waals surface area contributed by atoms with Crippen molar-refractivity contribution in [3.8, 4) is 5.75 Å². The lowest BCUT2D eigenvalue weighted by atomic mass is 10.2. The number of nitrogens with zero attached hydrogens (tertiary/aromatic N) is 5. The number of benzene rings is 1. The third kappa shape index (κ3) is 4.79. The summed E-state index contributed by atoms with van der Waals surface area (Å²) >= 11 is 6.89. The number of thiazole rings is 1. The van der Waals surface area contributed by atoms with E-state index in [4.69, 9.17) is 17.3 Å². The summed E-state index contributed by atoms with van der Waals surface area (Å²) < 4.78 is 68.2. The summed E-state index contributed by atoms with van der Waals surface area (Å²) in [7, 11) is -4.35. The Morgan fingerprint density at radius 2 is 1.88 bits per heavy atom. The van der Waals surface area contributed by atoms with Crippen molar-refractivity contribution < 1.29 is 36.2 Å². The van der Waals surface area contributed by atoms with Crippen LogP contribution in [0.2, 0.25) is 5.28 Å². The zero-order chi connectivity index (χ0) is 24.8. The molecule has 0 amide bonds. The fourth-order valence-corrected chi connectivity index (χ4v) is 6.00. The second-order valence-corrected chi connectivity index (χ2v) is 10.2. The summed E-state index contributed by atoms with van der Waals surface area (Å²) in [5.41, 5.74) is 6.05. The van der Waals surface area contributed by atoms with E-state index in [0.717, 1.165) is 39.9 Å². The number of piperazine rings is 1. The van der Waals surface area contributed by atoms with Crippen molar-refractivity contribution in [3.63, 3.8) is 0 Å². The average molecular weight is 539 g/mol. The highest BCUT2D eigenvalue weighted by atomic mass is 35.5. The minimum absolute atomic E-state index is 0.0825. The van der Waals surface area contributed by atoms with Crippen LogP contribution in [0.25, 0.3) is 10.3 Å². The number of sulfonamides is 1. The first-order valence-electron chi connectivity index (χ1n) is 9.30. The van der Waals surface area contributed by atoms with Gasteiger partial charge in [-0.2, -0.15) is 19.3 Å². The summed E-state index contributed by atoms with van der Waals surface area (Å²) in [5.74, 6) is -1.91. The largest absolute Gasteiger partial charge is 0.573 e. The molecule has 0 aliphatic carbocycles. The van der Waals surface area contributed by atoms with Gasteiger partial charge in [-0.15, -0.1) is 13.2 Å². The van der Waals surface area contributed by atoms with Gasteiger partial charge in [0.15, 0.2) is 10.8 Å². The normalized spacial score (nSPS) is 17.8. The van der Waals surface area contributed by atoms with Crippen LogP contribution < -0.4 is 15.4 Å². The average Bonchev–Trinajstić information content (AvgIpc) is 3.17. The Morgan fingerprint density at radius 1 is 1.21 bits per heavy atom. The fourth-order valence-electron chi connectivity index (χ4n) is 3.32. The third-order valence-electron chi connectivity index (χ3n) is 4.79. The molecule has 2 aromatic heterocycles. The van der Waals surface area contributed by atoms with Crippen LogP contribution in [0.15, 0.2) is 29.2 Å². The molecule has 0 radical (unpaired) electrons. The highest BCUT2D eigenvalue weighted by Crippen LogP contribution is 2.34. The molecule has 11 nitrogen and oxygen atoms in total. The van der Waals surface area contributed by atoms with Crippen molar-refractivity contribution in [1.82, 2.24) is 19.3 Å². The number of halogens is 4. The molecule has 4 rings (SSSR count). The predicted octanol–water partition coefficient (Wildman–Crippen LogP) is 2.18. The van der Waals surface area contributed by atoms with E-state index in [1.54, 1.807) is 4.90 Å². The Morgan fingerprint density at radius 3 is 2.50 bits per heavy atom. The third-order valence-corrected chi connectivity index (χ3v) is 8.01. The fraction of sp³-hybridized carbons (Fsp3) is 0.294. The molecule has 0 bridgehead atoms. The number of aromatic nitrogens is 3. The molecule has 1 saturated heterocycles. The minimum atomic E-state index is -4.94. The highest BCUT2D eigenvalue weighted by Gasteiger charge is 2.41. The lowest BCUT2D eigenvalue weighted by molar-refractivity contribution is -0.274. The van der Waals surface area contributed by atoms with Crippen molar-refractivity contribution in [2.75, 3.05) is 30.3 Å². The van der Waals surface area contributed by atoms with Crippen LogP contribution in [0.5, 0.6) is 5.75 Å². The molecule has 3 heterocycles. The molecule has 34 heavy (non-hydrogen) atoms. The second-order valence-electron chi connectivity index (χ2n) is 6.96. The summed E-state index contributed by atoms with van der Waals surface area (Å²) in [6.07, 6.45) is -4.94.